The zero-order chi connectivity index (χ0) is 25.9. The van der Waals surface area contributed by atoms with E-state index in [4.69, 9.17) is 0 Å². The first-order chi connectivity index (χ1) is 18.6. The molecule has 1 aliphatic rings. The largest absolute Gasteiger partial charge is 0.371 e. The number of anilines is 6. The molecule has 3 N–H and O–H groups in total. The second kappa shape index (κ2) is 10.2. The zero-order valence-corrected chi connectivity index (χ0v) is 21.1. The molecule has 3 aromatic carbocycles. The first-order valence-corrected chi connectivity index (χ1v) is 12.7. The summed E-state index contributed by atoms with van der Waals surface area (Å²) in [7, 11) is 0. The average Bonchev–Trinajstić information content (AvgIpc) is 2.89. The lowest BCUT2D eigenvalue weighted by Crippen LogP contribution is -2.36. The van der Waals surface area contributed by atoms with Crippen molar-refractivity contribution in [3.63, 3.8) is 0 Å². The molecule has 0 aliphatic carbocycles. The number of aromatic nitrogens is 2. The van der Waals surface area contributed by atoms with Crippen LogP contribution in [-0.4, -0.2) is 29.0 Å². The first kappa shape index (κ1) is 23.5. The van der Waals surface area contributed by atoms with Gasteiger partial charge in [0.25, 0.3) is 5.91 Å². The Bertz CT molecular complexity index is 1610. The highest BCUT2D eigenvalue weighted by atomic mass is 16.1. The summed E-state index contributed by atoms with van der Waals surface area (Å²) in [5, 5.41) is 10.9. The predicted molar refractivity (Wildman–Crippen MR) is 155 cm³/mol. The minimum absolute atomic E-state index is 0.168. The molecule has 7 heteroatoms. The van der Waals surface area contributed by atoms with Crippen LogP contribution in [0.15, 0.2) is 97.3 Å². The minimum atomic E-state index is -0.168. The smallest absolute Gasteiger partial charge is 0.255 e. The summed E-state index contributed by atoms with van der Waals surface area (Å²) in [6.07, 6.45) is 4.81. The van der Waals surface area contributed by atoms with E-state index in [0.717, 1.165) is 58.1 Å². The van der Waals surface area contributed by atoms with Crippen LogP contribution in [0.1, 0.15) is 22.5 Å². The van der Waals surface area contributed by atoms with E-state index in [9.17, 15) is 4.79 Å². The van der Waals surface area contributed by atoms with E-state index >= 15 is 0 Å². The molecular weight excluding hydrogens is 472 g/mol. The van der Waals surface area contributed by atoms with E-state index in [1.54, 1.807) is 12.4 Å². The van der Waals surface area contributed by atoms with Crippen molar-refractivity contribution in [3.8, 4) is 0 Å². The molecule has 0 radical (unpaired) electrons. The molecule has 0 spiro atoms. The van der Waals surface area contributed by atoms with Gasteiger partial charge < -0.3 is 20.9 Å². The standard InChI is InChI=1S/C31H28N6O/c1-21-18-26(12-14-32-21)34-23-6-8-24(9-7-23)36-31(38)22-4-2-5-25(19-22)35-30-13-15-33-29-11-10-27(20-28(29)30)37-16-3-17-37/h2,4-15,18-20H,3,16-17H2,1H3,(H,32,34)(H,33,35)(H,36,38). The van der Waals surface area contributed by atoms with Crippen molar-refractivity contribution >= 4 is 50.9 Å². The van der Waals surface area contributed by atoms with E-state index in [2.05, 4.69) is 49.0 Å². The number of carbonyl (C=O) groups is 1. The molecule has 1 amide bonds. The van der Waals surface area contributed by atoms with Gasteiger partial charge in [-0.3, -0.25) is 14.8 Å². The maximum atomic E-state index is 13.0. The summed E-state index contributed by atoms with van der Waals surface area (Å²) in [5.74, 6) is -0.168. The molecule has 0 saturated carbocycles. The third-order valence-electron chi connectivity index (χ3n) is 6.68. The van der Waals surface area contributed by atoms with Gasteiger partial charge in [0.1, 0.15) is 0 Å². The molecule has 1 saturated heterocycles. The lowest BCUT2D eigenvalue weighted by molar-refractivity contribution is 0.102. The summed E-state index contributed by atoms with van der Waals surface area (Å²) in [6, 6.07) is 27.4. The number of carbonyl (C=O) groups excluding carboxylic acids is 1. The minimum Gasteiger partial charge on any atom is -0.371 e. The van der Waals surface area contributed by atoms with Crippen molar-refractivity contribution in [2.45, 2.75) is 13.3 Å². The lowest BCUT2D eigenvalue weighted by atomic mass is 10.1. The molecule has 1 fully saturated rings. The molecule has 6 rings (SSSR count). The van der Waals surface area contributed by atoms with Crippen molar-refractivity contribution in [2.75, 3.05) is 33.9 Å². The van der Waals surface area contributed by atoms with Crippen LogP contribution in [0.2, 0.25) is 0 Å². The molecule has 7 nitrogen and oxygen atoms in total. The van der Waals surface area contributed by atoms with Crippen LogP contribution in [0, 0.1) is 6.92 Å². The van der Waals surface area contributed by atoms with E-state index in [1.807, 2.05) is 73.7 Å². The molecule has 0 unspecified atom stereocenters. The Balaban J connectivity index is 1.15. The quantitative estimate of drug-likeness (QED) is 0.226. The summed E-state index contributed by atoms with van der Waals surface area (Å²) < 4.78 is 0. The molecule has 188 valence electrons. The SMILES string of the molecule is Cc1cc(Nc2ccc(NC(=O)c3cccc(Nc4ccnc5ccc(N6CCC6)cc45)c3)cc2)ccn1. The highest BCUT2D eigenvalue weighted by Crippen LogP contribution is 2.31. The number of pyridine rings is 2. The van der Waals surface area contributed by atoms with Gasteiger partial charge in [-0.15, -0.1) is 0 Å². The second-order valence-corrected chi connectivity index (χ2v) is 9.45. The van der Waals surface area contributed by atoms with Gasteiger partial charge in [0.2, 0.25) is 0 Å². The fraction of sp³-hybridized carbons (Fsp3) is 0.129. The third-order valence-corrected chi connectivity index (χ3v) is 6.68. The first-order valence-electron chi connectivity index (χ1n) is 12.7. The predicted octanol–water partition coefficient (Wildman–Crippen LogP) is 6.89. The van der Waals surface area contributed by atoms with Gasteiger partial charge in [-0.2, -0.15) is 0 Å². The molecule has 38 heavy (non-hydrogen) atoms. The van der Waals surface area contributed by atoms with Gasteiger partial charge in [0.15, 0.2) is 0 Å². The topological polar surface area (TPSA) is 82.2 Å². The van der Waals surface area contributed by atoms with E-state index < -0.39 is 0 Å². The van der Waals surface area contributed by atoms with Gasteiger partial charge in [0, 0.05) is 76.3 Å². The van der Waals surface area contributed by atoms with Crippen LogP contribution in [0.5, 0.6) is 0 Å². The highest BCUT2D eigenvalue weighted by molar-refractivity contribution is 6.05. The number of rotatable bonds is 7. The Morgan fingerprint density at radius 3 is 2.34 bits per heavy atom. The molecule has 0 atom stereocenters. The molecule has 0 bridgehead atoms. The van der Waals surface area contributed by atoms with Crippen molar-refractivity contribution in [3.05, 3.63) is 109 Å². The third kappa shape index (κ3) is 5.13. The maximum absolute atomic E-state index is 13.0. The van der Waals surface area contributed by atoms with Crippen LogP contribution in [-0.2, 0) is 0 Å². The molecule has 2 aromatic heterocycles. The Morgan fingerprint density at radius 1 is 0.763 bits per heavy atom. The molecule has 3 heterocycles. The Kier molecular flexibility index (Phi) is 6.32. The van der Waals surface area contributed by atoms with Crippen molar-refractivity contribution in [2.24, 2.45) is 0 Å². The number of fused-ring (bicyclic) bond motifs is 1. The van der Waals surface area contributed by atoms with Crippen molar-refractivity contribution < 1.29 is 4.79 Å². The number of nitrogens with zero attached hydrogens (tertiary/aromatic N) is 3. The van der Waals surface area contributed by atoms with Crippen LogP contribution >= 0.6 is 0 Å². The van der Waals surface area contributed by atoms with Crippen molar-refractivity contribution in [1.82, 2.24) is 9.97 Å². The van der Waals surface area contributed by atoms with Gasteiger partial charge in [-0.1, -0.05) is 6.07 Å². The monoisotopic (exact) mass is 500 g/mol. The zero-order valence-electron chi connectivity index (χ0n) is 21.1. The fourth-order valence-electron chi connectivity index (χ4n) is 4.54. The molecular formula is C31H28N6O. The van der Waals surface area contributed by atoms with E-state index in [-0.39, 0.29) is 5.91 Å². The average molecular weight is 501 g/mol. The molecule has 1 aliphatic heterocycles. The second-order valence-electron chi connectivity index (χ2n) is 9.45. The Hall–Kier alpha value is -4.91. The number of amides is 1. The van der Waals surface area contributed by atoms with Gasteiger partial charge in [-0.05, 0) is 92.2 Å². The normalized spacial score (nSPS) is 12.6. The van der Waals surface area contributed by atoms with E-state index in [1.165, 1.54) is 12.1 Å². The highest BCUT2D eigenvalue weighted by Gasteiger charge is 2.15. The van der Waals surface area contributed by atoms with Crippen LogP contribution in [0.4, 0.5) is 34.1 Å². The summed E-state index contributed by atoms with van der Waals surface area (Å²) in [4.78, 5) is 24.1. The lowest BCUT2D eigenvalue weighted by Gasteiger charge is -2.33. The van der Waals surface area contributed by atoms with Crippen LogP contribution < -0.4 is 20.9 Å². The molecule has 5 aromatic rings. The fourth-order valence-corrected chi connectivity index (χ4v) is 4.54. The number of aryl methyl sites for hydroxylation is 1. The number of hydrogen-bond acceptors (Lipinski definition) is 6. The number of benzene rings is 3. The van der Waals surface area contributed by atoms with Crippen LogP contribution in [0.3, 0.4) is 0 Å². The summed E-state index contributed by atoms with van der Waals surface area (Å²) in [6.45, 7) is 4.14. The van der Waals surface area contributed by atoms with Gasteiger partial charge >= 0.3 is 0 Å². The van der Waals surface area contributed by atoms with Crippen LogP contribution in [0.25, 0.3) is 10.9 Å². The number of hydrogen-bond donors (Lipinski definition) is 3. The van der Waals surface area contributed by atoms with E-state index in [0.29, 0.717) is 5.56 Å². The summed E-state index contributed by atoms with van der Waals surface area (Å²) in [5.41, 5.74) is 8.10. The maximum Gasteiger partial charge on any atom is 0.255 e. The summed E-state index contributed by atoms with van der Waals surface area (Å²) >= 11 is 0. The Labute approximate surface area is 221 Å². The van der Waals surface area contributed by atoms with Crippen molar-refractivity contribution in [1.29, 1.82) is 0 Å². The van der Waals surface area contributed by atoms with Gasteiger partial charge in [0.05, 0.1) is 5.52 Å². The van der Waals surface area contributed by atoms with Gasteiger partial charge in [-0.25, -0.2) is 0 Å². The number of nitrogens with one attached hydrogen (secondary N) is 3. The Morgan fingerprint density at radius 2 is 1.55 bits per heavy atom.